The van der Waals surface area contributed by atoms with Gasteiger partial charge in [0, 0.05) is 0 Å². The minimum absolute atomic E-state index is 0.247. The van der Waals surface area contributed by atoms with Crippen LogP contribution in [-0.2, 0) is 9.31 Å². The van der Waals surface area contributed by atoms with E-state index in [0.717, 1.165) is 11.0 Å². The summed E-state index contributed by atoms with van der Waals surface area (Å²) in [4.78, 5) is 26.7. The molecule has 1 saturated heterocycles. The van der Waals surface area contributed by atoms with Gasteiger partial charge in [0.1, 0.15) is 0 Å². The second kappa shape index (κ2) is 6.29. The minimum atomic E-state index is -0.436. The first-order valence-electron chi connectivity index (χ1n) is 9.55. The minimum Gasteiger partial charge on any atom is -0.399 e. The van der Waals surface area contributed by atoms with Crippen LogP contribution in [0.3, 0.4) is 0 Å². The van der Waals surface area contributed by atoms with E-state index < -0.39 is 18.3 Å². The van der Waals surface area contributed by atoms with Gasteiger partial charge in [-0.25, -0.2) is 0 Å². The predicted molar refractivity (Wildman–Crippen MR) is 108 cm³/mol. The molecule has 6 heteroatoms. The molecule has 0 aliphatic carbocycles. The Labute approximate surface area is 165 Å². The molecule has 2 aliphatic rings. The third kappa shape index (κ3) is 2.79. The van der Waals surface area contributed by atoms with Gasteiger partial charge in [-0.2, -0.15) is 0 Å². The van der Waals surface area contributed by atoms with Crippen LogP contribution in [0.5, 0.6) is 0 Å². The smallest absolute Gasteiger partial charge is 0.399 e. The molecule has 1 fully saturated rings. The van der Waals surface area contributed by atoms with Gasteiger partial charge in [0.25, 0.3) is 11.8 Å². The molecular formula is C22H24BNO4. The van der Waals surface area contributed by atoms with E-state index in [9.17, 15) is 9.59 Å². The lowest BCUT2D eigenvalue weighted by Crippen LogP contribution is -2.41. The number of hydrogen-bond donors (Lipinski definition) is 0. The maximum Gasteiger partial charge on any atom is 0.494 e. The monoisotopic (exact) mass is 377 g/mol. The SMILES string of the molecule is C[C@H](c1ccc(B2OC(C)(C)C(C)(C)O2)cc1)N1C(=O)c2ccccc2C1=O. The molecule has 0 N–H and O–H groups in total. The Balaban J connectivity index is 1.56. The second-order valence-corrected chi connectivity index (χ2v) is 8.46. The van der Waals surface area contributed by atoms with E-state index in [0.29, 0.717) is 11.1 Å². The van der Waals surface area contributed by atoms with E-state index in [4.69, 9.17) is 9.31 Å². The molecule has 0 spiro atoms. The van der Waals surface area contributed by atoms with Crippen molar-refractivity contribution >= 4 is 24.4 Å². The average molecular weight is 377 g/mol. The highest BCUT2D eigenvalue weighted by Gasteiger charge is 2.51. The van der Waals surface area contributed by atoms with Gasteiger partial charge in [0.15, 0.2) is 0 Å². The number of nitrogens with zero attached hydrogens (tertiary/aromatic N) is 1. The summed E-state index contributed by atoms with van der Waals surface area (Å²) in [7, 11) is -0.436. The lowest BCUT2D eigenvalue weighted by atomic mass is 9.78. The van der Waals surface area contributed by atoms with Crippen molar-refractivity contribution in [1.82, 2.24) is 4.90 Å². The number of benzene rings is 2. The predicted octanol–water partition coefficient (Wildman–Crippen LogP) is 3.34. The summed E-state index contributed by atoms with van der Waals surface area (Å²) < 4.78 is 12.2. The van der Waals surface area contributed by atoms with Crippen molar-refractivity contribution in [3.63, 3.8) is 0 Å². The zero-order valence-corrected chi connectivity index (χ0v) is 16.9. The van der Waals surface area contributed by atoms with Gasteiger partial charge >= 0.3 is 7.12 Å². The highest BCUT2D eigenvalue weighted by Crippen LogP contribution is 2.36. The van der Waals surface area contributed by atoms with E-state index in [-0.39, 0.29) is 17.9 Å². The molecule has 2 heterocycles. The van der Waals surface area contributed by atoms with E-state index in [1.54, 1.807) is 24.3 Å². The molecule has 5 nitrogen and oxygen atoms in total. The molecule has 1 atom stereocenters. The molecule has 0 aromatic heterocycles. The quantitative estimate of drug-likeness (QED) is 0.608. The number of carbonyl (C=O) groups is 2. The molecule has 28 heavy (non-hydrogen) atoms. The number of fused-ring (bicyclic) bond motifs is 1. The fourth-order valence-electron chi connectivity index (χ4n) is 3.62. The highest BCUT2D eigenvalue weighted by atomic mass is 16.7. The lowest BCUT2D eigenvalue weighted by Gasteiger charge is -2.32. The molecule has 144 valence electrons. The molecular weight excluding hydrogens is 353 g/mol. The zero-order chi connectivity index (χ0) is 20.3. The van der Waals surface area contributed by atoms with Crippen LogP contribution in [0.4, 0.5) is 0 Å². The number of carbonyl (C=O) groups excluding carboxylic acids is 2. The molecule has 0 bridgehead atoms. The van der Waals surface area contributed by atoms with Crippen LogP contribution in [0.2, 0.25) is 0 Å². The summed E-state index contributed by atoms with van der Waals surface area (Å²) in [6.07, 6.45) is 0. The Bertz CT molecular complexity index is 900. The van der Waals surface area contributed by atoms with Crippen molar-refractivity contribution < 1.29 is 18.9 Å². The van der Waals surface area contributed by atoms with Crippen molar-refractivity contribution in [1.29, 1.82) is 0 Å². The Hall–Kier alpha value is -2.44. The molecule has 4 rings (SSSR count). The molecule has 0 saturated carbocycles. The summed E-state index contributed by atoms with van der Waals surface area (Å²) in [6.45, 7) is 9.94. The standard InChI is InChI=1S/C22H24BNO4/c1-14(24-19(25)17-8-6-7-9-18(17)20(24)26)15-10-12-16(13-11-15)23-27-21(2,3)22(4,5)28-23/h6-14H,1-5H3/t14-/m1/s1. The van der Waals surface area contributed by atoms with Gasteiger partial charge in [-0.1, -0.05) is 36.4 Å². The molecule has 0 radical (unpaired) electrons. The maximum absolute atomic E-state index is 12.7. The molecule has 2 aromatic rings. The van der Waals surface area contributed by atoms with Crippen LogP contribution < -0.4 is 5.46 Å². The summed E-state index contributed by atoms with van der Waals surface area (Å²) >= 11 is 0. The molecule has 2 amide bonds. The average Bonchev–Trinajstić information content (AvgIpc) is 3.04. The Kier molecular flexibility index (Phi) is 4.25. The van der Waals surface area contributed by atoms with Gasteiger partial charge < -0.3 is 9.31 Å². The topological polar surface area (TPSA) is 55.8 Å². The van der Waals surface area contributed by atoms with Crippen LogP contribution in [-0.4, -0.2) is 35.0 Å². The Morgan fingerprint density at radius 1 is 0.821 bits per heavy atom. The summed E-state index contributed by atoms with van der Waals surface area (Å²) in [5, 5.41) is 0. The van der Waals surface area contributed by atoms with Crippen LogP contribution in [0.15, 0.2) is 48.5 Å². The van der Waals surface area contributed by atoms with Gasteiger partial charge in [-0.05, 0) is 57.8 Å². The fraction of sp³-hybridized carbons (Fsp3) is 0.364. The summed E-state index contributed by atoms with van der Waals surface area (Å²) in [5.41, 5.74) is 1.93. The van der Waals surface area contributed by atoms with Gasteiger partial charge in [-0.3, -0.25) is 14.5 Å². The highest BCUT2D eigenvalue weighted by molar-refractivity contribution is 6.62. The fourth-order valence-corrected chi connectivity index (χ4v) is 3.62. The summed E-state index contributed by atoms with van der Waals surface area (Å²) in [6, 6.07) is 14.3. The number of imide groups is 1. The zero-order valence-electron chi connectivity index (χ0n) is 16.9. The Morgan fingerprint density at radius 3 is 1.75 bits per heavy atom. The van der Waals surface area contributed by atoms with Crippen molar-refractivity contribution in [2.45, 2.75) is 51.9 Å². The van der Waals surface area contributed by atoms with Gasteiger partial charge in [0.2, 0.25) is 0 Å². The van der Waals surface area contributed by atoms with E-state index in [1.165, 1.54) is 4.90 Å². The first-order valence-corrected chi connectivity index (χ1v) is 9.55. The summed E-state index contributed by atoms with van der Waals surface area (Å²) in [5.74, 6) is -0.494. The van der Waals surface area contributed by atoms with Crippen molar-refractivity contribution in [3.8, 4) is 0 Å². The van der Waals surface area contributed by atoms with Crippen LogP contribution in [0, 0.1) is 0 Å². The van der Waals surface area contributed by atoms with Crippen LogP contribution in [0.1, 0.15) is 66.9 Å². The number of amides is 2. The van der Waals surface area contributed by atoms with Crippen molar-refractivity contribution in [2.75, 3.05) is 0 Å². The van der Waals surface area contributed by atoms with Crippen molar-refractivity contribution in [3.05, 3.63) is 65.2 Å². The molecule has 2 aliphatic heterocycles. The largest absolute Gasteiger partial charge is 0.494 e. The maximum atomic E-state index is 12.7. The molecule has 0 unspecified atom stereocenters. The van der Waals surface area contributed by atoms with E-state index >= 15 is 0 Å². The third-order valence-corrected chi connectivity index (χ3v) is 6.16. The Morgan fingerprint density at radius 2 is 1.29 bits per heavy atom. The number of rotatable bonds is 3. The number of hydrogen-bond acceptors (Lipinski definition) is 4. The van der Waals surface area contributed by atoms with E-state index in [2.05, 4.69) is 0 Å². The normalized spacial score (nSPS) is 21.2. The van der Waals surface area contributed by atoms with Gasteiger partial charge in [0.05, 0.1) is 28.4 Å². The third-order valence-electron chi connectivity index (χ3n) is 6.16. The van der Waals surface area contributed by atoms with Crippen LogP contribution >= 0.6 is 0 Å². The molecule has 2 aromatic carbocycles. The lowest BCUT2D eigenvalue weighted by molar-refractivity contribution is 0.00578. The first-order chi connectivity index (χ1) is 13.1. The first kappa shape index (κ1) is 18.9. The van der Waals surface area contributed by atoms with Crippen LogP contribution in [0.25, 0.3) is 0 Å². The van der Waals surface area contributed by atoms with E-state index in [1.807, 2.05) is 58.9 Å². The second-order valence-electron chi connectivity index (χ2n) is 8.46. The van der Waals surface area contributed by atoms with Gasteiger partial charge in [-0.15, -0.1) is 0 Å². The van der Waals surface area contributed by atoms with Crippen molar-refractivity contribution in [2.24, 2.45) is 0 Å².